The van der Waals surface area contributed by atoms with E-state index in [1.165, 1.54) is 16.4 Å². The van der Waals surface area contributed by atoms with Crippen LogP contribution in [0.4, 0.5) is 18.9 Å². The Morgan fingerprint density at radius 1 is 1.10 bits per heavy atom. The smallest absolute Gasteiger partial charge is 0.416 e. The first-order valence-electron chi connectivity index (χ1n) is 12.5. The summed E-state index contributed by atoms with van der Waals surface area (Å²) in [6.45, 7) is 1.94. The maximum Gasteiger partial charge on any atom is 0.416 e. The number of halogens is 3. The summed E-state index contributed by atoms with van der Waals surface area (Å²) >= 11 is 0.867. The quantitative estimate of drug-likeness (QED) is 0.292. The van der Waals surface area contributed by atoms with Gasteiger partial charge in [0.1, 0.15) is 5.75 Å². The molecule has 3 N–H and O–H groups in total. The number of carboxylic acid groups (broad SMARTS) is 2. The minimum absolute atomic E-state index is 0.00432. The number of hydrogen-bond donors (Lipinski definition) is 3. The molecule has 0 bridgehead atoms. The Kier molecular flexibility index (Phi) is 8.94. The van der Waals surface area contributed by atoms with E-state index in [0.717, 1.165) is 23.5 Å². The molecule has 41 heavy (non-hydrogen) atoms. The third kappa shape index (κ3) is 7.00. The van der Waals surface area contributed by atoms with Gasteiger partial charge in [0.25, 0.3) is 0 Å². The largest absolute Gasteiger partial charge is 0.480 e. The van der Waals surface area contributed by atoms with Gasteiger partial charge in [0.15, 0.2) is 11.5 Å². The fourth-order valence-corrected chi connectivity index (χ4v) is 7.69. The van der Waals surface area contributed by atoms with Crippen LogP contribution < -0.4 is 14.4 Å². The molecule has 14 heteroatoms. The normalized spacial score (nSPS) is 14.5. The van der Waals surface area contributed by atoms with Gasteiger partial charge in [-0.05, 0) is 62.2 Å². The van der Waals surface area contributed by atoms with Crippen molar-refractivity contribution in [3.05, 3.63) is 70.1 Å². The van der Waals surface area contributed by atoms with Crippen LogP contribution in [0.25, 0.3) is 10.4 Å². The zero-order valence-electron chi connectivity index (χ0n) is 21.8. The molecule has 3 aromatic rings. The van der Waals surface area contributed by atoms with Gasteiger partial charge < -0.3 is 20.3 Å². The minimum Gasteiger partial charge on any atom is -0.480 e. The Morgan fingerprint density at radius 2 is 1.78 bits per heavy atom. The van der Waals surface area contributed by atoms with Crippen molar-refractivity contribution in [1.29, 1.82) is 0 Å². The van der Waals surface area contributed by atoms with E-state index in [2.05, 4.69) is 5.32 Å². The highest BCUT2D eigenvalue weighted by molar-refractivity contribution is 7.92. The van der Waals surface area contributed by atoms with Crippen molar-refractivity contribution in [1.82, 2.24) is 5.32 Å². The van der Waals surface area contributed by atoms with Crippen LogP contribution >= 0.6 is 11.3 Å². The summed E-state index contributed by atoms with van der Waals surface area (Å²) in [5.74, 6) is -3.32. The molecule has 0 aliphatic carbocycles. The highest BCUT2D eigenvalue weighted by Crippen LogP contribution is 2.43. The predicted molar refractivity (Wildman–Crippen MR) is 147 cm³/mol. The first-order chi connectivity index (χ1) is 19.3. The molecule has 0 atom stereocenters. The second-order valence-corrected chi connectivity index (χ2v) is 12.4. The van der Waals surface area contributed by atoms with Gasteiger partial charge in [0, 0.05) is 16.5 Å². The van der Waals surface area contributed by atoms with Crippen molar-refractivity contribution >= 4 is 39.0 Å². The lowest BCUT2D eigenvalue weighted by molar-refractivity contribution is -0.139. The molecule has 220 valence electrons. The van der Waals surface area contributed by atoms with Gasteiger partial charge in [-0.1, -0.05) is 30.3 Å². The molecule has 1 aliphatic rings. The summed E-state index contributed by atoms with van der Waals surface area (Å²) in [5.41, 5.74) is 0.190. The SMILES string of the molecule is Cc1c(-c2cccc(N(C3CCNCC3)S(=O)(=O)Cc3cccc(C(F)(F)F)c3)c2)sc(C(=O)O)c1OCC(=O)O. The van der Waals surface area contributed by atoms with E-state index in [1.54, 1.807) is 31.2 Å². The molecule has 0 amide bonds. The second kappa shape index (κ2) is 12.1. The number of nitrogens with zero attached hydrogens (tertiary/aromatic N) is 1. The minimum atomic E-state index is -4.62. The van der Waals surface area contributed by atoms with Crippen molar-refractivity contribution in [3.8, 4) is 16.2 Å². The number of benzene rings is 2. The van der Waals surface area contributed by atoms with E-state index in [1.807, 2.05) is 0 Å². The van der Waals surface area contributed by atoms with Gasteiger partial charge in [-0.25, -0.2) is 18.0 Å². The Hall–Kier alpha value is -3.62. The highest BCUT2D eigenvalue weighted by atomic mass is 32.2. The maximum atomic E-state index is 13.8. The fourth-order valence-electron chi connectivity index (χ4n) is 4.76. The van der Waals surface area contributed by atoms with Crippen LogP contribution in [-0.2, 0) is 26.7 Å². The molecule has 1 saturated heterocycles. The molecule has 2 aromatic carbocycles. The van der Waals surface area contributed by atoms with Crippen LogP contribution in [0.15, 0.2) is 48.5 Å². The number of thiophene rings is 1. The lowest BCUT2D eigenvalue weighted by atomic mass is 10.0. The molecule has 2 heterocycles. The number of piperidine rings is 1. The van der Waals surface area contributed by atoms with E-state index >= 15 is 0 Å². The second-order valence-electron chi connectivity index (χ2n) is 9.48. The number of nitrogens with one attached hydrogen (secondary N) is 1. The number of carbonyl (C=O) groups is 2. The van der Waals surface area contributed by atoms with Gasteiger partial charge in [-0.15, -0.1) is 11.3 Å². The average Bonchev–Trinajstić information content (AvgIpc) is 3.24. The van der Waals surface area contributed by atoms with E-state index in [0.29, 0.717) is 41.9 Å². The Morgan fingerprint density at radius 3 is 2.41 bits per heavy atom. The van der Waals surface area contributed by atoms with Crippen LogP contribution in [0.2, 0.25) is 0 Å². The van der Waals surface area contributed by atoms with Gasteiger partial charge in [0.2, 0.25) is 10.0 Å². The number of rotatable bonds is 10. The Balaban J connectivity index is 1.76. The monoisotopic (exact) mass is 612 g/mol. The van der Waals surface area contributed by atoms with Crippen LogP contribution in [0.5, 0.6) is 5.75 Å². The summed E-state index contributed by atoms with van der Waals surface area (Å²) in [7, 11) is -4.18. The van der Waals surface area contributed by atoms with Crippen molar-refractivity contribution in [2.45, 2.75) is 37.7 Å². The number of carboxylic acids is 2. The maximum absolute atomic E-state index is 13.8. The van der Waals surface area contributed by atoms with Crippen molar-refractivity contribution in [2.24, 2.45) is 0 Å². The average molecular weight is 613 g/mol. The van der Waals surface area contributed by atoms with Crippen LogP contribution in [0.3, 0.4) is 0 Å². The Bertz CT molecular complexity index is 1550. The van der Waals surface area contributed by atoms with Crippen molar-refractivity contribution in [2.75, 3.05) is 24.0 Å². The van der Waals surface area contributed by atoms with Gasteiger partial charge >= 0.3 is 18.1 Å². The summed E-state index contributed by atoms with van der Waals surface area (Å²) in [4.78, 5) is 23.1. The molecule has 0 unspecified atom stereocenters. The third-order valence-corrected chi connectivity index (χ3v) is 9.65. The Labute approximate surface area is 238 Å². The summed E-state index contributed by atoms with van der Waals surface area (Å²) < 4.78 is 74.0. The van der Waals surface area contributed by atoms with Crippen LogP contribution in [-0.4, -0.2) is 56.3 Å². The molecule has 0 saturated carbocycles. The number of aromatic carboxylic acids is 1. The van der Waals surface area contributed by atoms with E-state index in [4.69, 9.17) is 9.84 Å². The number of hydrogen-bond acceptors (Lipinski definition) is 7. The molecule has 4 rings (SSSR count). The number of alkyl halides is 3. The first kappa shape index (κ1) is 30.3. The number of sulfonamides is 1. The lowest BCUT2D eigenvalue weighted by Gasteiger charge is -2.35. The molecule has 0 radical (unpaired) electrons. The van der Waals surface area contributed by atoms with Gasteiger partial charge in [0.05, 0.1) is 17.0 Å². The number of anilines is 1. The number of ether oxygens (including phenoxy) is 1. The van der Waals surface area contributed by atoms with Gasteiger partial charge in [-0.3, -0.25) is 4.31 Å². The summed E-state index contributed by atoms with van der Waals surface area (Å²) in [5, 5.41) is 21.8. The van der Waals surface area contributed by atoms with Crippen molar-refractivity contribution < 1.29 is 46.1 Å². The molecule has 1 aliphatic heterocycles. The zero-order valence-corrected chi connectivity index (χ0v) is 23.4. The molecular weight excluding hydrogens is 585 g/mol. The van der Waals surface area contributed by atoms with Crippen molar-refractivity contribution in [3.63, 3.8) is 0 Å². The standard InChI is InChI=1S/C27H27F3N2O7S2/c1-16-23(39-14-22(33)34)25(26(35)36)40-24(16)18-5-3-7-21(13-18)32(20-8-10-31-11-9-20)41(37,38)15-17-4-2-6-19(12-17)27(28,29)30/h2-7,12-13,20,31H,8-11,14-15H2,1H3,(H,33,34)(H,35,36). The number of aliphatic carboxylic acids is 1. The fraction of sp³-hybridized carbons (Fsp3) is 0.333. The molecule has 1 fully saturated rings. The lowest BCUT2D eigenvalue weighted by Crippen LogP contribution is -2.46. The van der Waals surface area contributed by atoms with Crippen LogP contribution in [0, 0.1) is 6.92 Å². The van der Waals surface area contributed by atoms with E-state index < -0.39 is 52.1 Å². The molecule has 1 aromatic heterocycles. The predicted octanol–water partition coefficient (Wildman–Crippen LogP) is 4.99. The molecule has 0 spiro atoms. The third-order valence-electron chi connectivity index (χ3n) is 6.53. The summed E-state index contributed by atoms with van der Waals surface area (Å²) in [6, 6.07) is 10.2. The highest BCUT2D eigenvalue weighted by Gasteiger charge is 2.34. The molecular formula is C27H27F3N2O7S2. The van der Waals surface area contributed by atoms with E-state index in [-0.39, 0.29) is 21.9 Å². The topological polar surface area (TPSA) is 133 Å². The summed E-state index contributed by atoms with van der Waals surface area (Å²) in [6.07, 6.45) is -3.68. The first-order valence-corrected chi connectivity index (χ1v) is 14.9. The van der Waals surface area contributed by atoms with E-state index in [9.17, 15) is 36.3 Å². The zero-order chi connectivity index (χ0) is 29.9. The van der Waals surface area contributed by atoms with Crippen LogP contribution in [0.1, 0.15) is 39.2 Å². The molecule has 9 nitrogen and oxygen atoms in total. The van der Waals surface area contributed by atoms with Gasteiger partial charge in [-0.2, -0.15) is 13.2 Å².